The number of aliphatic imine (C=N–C) groups is 1. The Morgan fingerprint density at radius 1 is 0.893 bits per heavy atom. The standard InChI is InChI=1S/C42H46F5N3O6/c1-24-18-30(38(53)55-5)15-17-33(24)27-10-6-25(7-11-27)19-31(20-35(51)28-12-8-26(9-13-28)23-48-39(54)56-40(2,3)4)37(52)49-32-16-14-29-21-36(50-34(29)22-32)41(43,44)42(45,46)47/h6-7,10-11,14-18,22,26,28,31H,8-9,12-13,19-21,23H2,1-5H3,(H,48,54)(H,49,52)/t26?,28?,31-/m1/s1. The fraction of sp³-hybridized carbons (Fsp3) is 0.452. The van der Waals surface area contributed by atoms with Crippen LogP contribution in [0.15, 0.2) is 65.7 Å². The molecule has 0 radical (unpaired) electrons. The van der Waals surface area contributed by atoms with Crippen molar-refractivity contribution in [1.82, 2.24) is 5.32 Å². The van der Waals surface area contributed by atoms with Crippen LogP contribution in [-0.2, 0) is 31.9 Å². The van der Waals surface area contributed by atoms with Crippen LogP contribution in [0.1, 0.15) is 79.9 Å². The largest absolute Gasteiger partial charge is 0.465 e. The molecular formula is C42H46F5N3O6. The van der Waals surface area contributed by atoms with Gasteiger partial charge in [-0.25, -0.2) is 9.59 Å². The van der Waals surface area contributed by atoms with E-state index in [0.717, 1.165) is 22.3 Å². The van der Waals surface area contributed by atoms with Crippen LogP contribution in [0.4, 0.5) is 38.1 Å². The number of methoxy groups -OCH3 is 1. The molecule has 2 N–H and O–H groups in total. The first kappa shape index (κ1) is 42.0. The van der Waals surface area contributed by atoms with Crippen molar-refractivity contribution in [3.05, 3.63) is 82.9 Å². The van der Waals surface area contributed by atoms with Gasteiger partial charge in [0.25, 0.3) is 0 Å². The summed E-state index contributed by atoms with van der Waals surface area (Å²) in [6.07, 6.45) is -4.31. The minimum atomic E-state index is -5.80. The number of carbonyl (C=O) groups excluding carboxylic acids is 4. The monoisotopic (exact) mass is 783 g/mol. The number of halogens is 5. The molecule has 2 aliphatic rings. The number of ether oxygens (including phenoxy) is 2. The third-order valence-electron chi connectivity index (χ3n) is 10.1. The Morgan fingerprint density at radius 2 is 1.57 bits per heavy atom. The summed E-state index contributed by atoms with van der Waals surface area (Å²) in [5.74, 6) is -7.11. The minimum Gasteiger partial charge on any atom is -0.465 e. The number of anilines is 1. The summed E-state index contributed by atoms with van der Waals surface area (Å²) < 4.78 is 77.3. The number of alkyl halides is 5. The van der Waals surface area contributed by atoms with Crippen molar-refractivity contribution in [2.24, 2.45) is 22.7 Å². The molecule has 1 aliphatic heterocycles. The van der Waals surface area contributed by atoms with Crippen LogP contribution in [0.2, 0.25) is 0 Å². The highest BCUT2D eigenvalue weighted by atomic mass is 19.4. The third kappa shape index (κ3) is 10.4. The Labute approximate surface area is 322 Å². The lowest BCUT2D eigenvalue weighted by molar-refractivity contribution is -0.249. The molecule has 0 saturated heterocycles. The van der Waals surface area contributed by atoms with E-state index in [1.165, 1.54) is 25.3 Å². The predicted molar refractivity (Wildman–Crippen MR) is 201 cm³/mol. The molecule has 5 rings (SSSR count). The van der Waals surface area contributed by atoms with Gasteiger partial charge in [0.05, 0.1) is 18.4 Å². The molecule has 14 heteroatoms. The highest BCUT2D eigenvalue weighted by Gasteiger charge is 2.61. The summed E-state index contributed by atoms with van der Waals surface area (Å²) in [5.41, 5.74) is 2.07. The van der Waals surface area contributed by atoms with Crippen LogP contribution in [0.3, 0.4) is 0 Å². The van der Waals surface area contributed by atoms with Crippen molar-refractivity contribution >= 4 is 40.8 Å². The maximum absolute atomic E-state index is 14.0. The molecule has 0 spiro atoms. The highest BCUT2D eigenvalue weighted by molar-refractivity contribution is 6.01. The summed E-state index contributed by atoms with van der Waals surface area (Å²) in [5, 5.41) is 5.53. The third-order valence-corrected chi connectivity index (χ3v) is 10.1. The zero-order chi connectivity index (χ0) is 41.0. The Balaban J connectivity index is 1.30. The Morgan fingerprint density at radius 3 is 2.18 bits per heavy atom. The van der Waals surface area contributed by atoms with Gasteiger partial charge >= 0.3 is 24.2 Å². The second-order valence-corrected chi connectivity index (χ2v) is 15.5. The number of rotatable bonds is 12. The van der Waals surface area contributed by atoms with Crippen molar-refractivity contribution < 1.29 is 50.6 Å². The molecule has 0 bridgehead atoms. The normalized spacial score (nSPS) is 17.6. The second kappa shape index (κ2) is 16.9. The van der Waals surface area contributed by atoms with Gasteiger partial charge < -0.3 is 20.1 Å². The fourth-order valence-corrected chi connectivity index (χ4v) is 7.08. The van der Waals surface area contributed by atoms with Crippen molar-refractivity contribution in [1.29, 1.82) is 0 Å². The number of hydrogen-bond donors (Lipinski definition) is 2. The molecule has 1 fully saturated rings. The minimum absolute atomic E-state index is 0.0841. The van der Waals surface area contributed by atoms with Crippen LogP contribution < -0.4 is 10.6 Å². The van der Waals surface area contributed by atoms with E-state index in [9.17, 15) is 41.1 Å². The first-order valence-corrected chi connectivity index (χ1v) is 18.5. The van der Waals surface area contributed by atoms with Gasteiger partial charge in [-0.15, -0.1) is 0 Å². The molecule has 9 nitrogen and oxygen atoms in total. The molecule has 1 aliphatic carbocycles. The van der Waals surface area contributed by atoms with Gasteiger partial charge in [-0.1, -0.05) is 36.4 Å². The molecule has 56 heavy (non-hydrogen) atoms. The molecule has 3 aromatic rings. The van der Waals surface area contributed by atoms with Crippen LogP contribution in [-0.4, -0.2) is 60.8 Å². The van der Waals surface area contributed by atoms with Crippen molar-refractivity contribution in [3.8, 4) is 11.1 Å². The van der Waals surface area contributed by atoms with Gasteiger partial charge in [0.15, 0.2) is 0 Å². The number of nitrogens with zero attached hydrogens (tertiary/aromatic N) is 1. The number of alkyl carbamates (subject to hydrolysis) is 1. The number of amides is 2. The van der Waals surface area contributed by atoms with E-state index >= 15 is 0 Å². The summed E-state index contributed by atoms with van der Waals surface area (Å²) in [4.78, 5) is 55.3. The lowest BCUT2D eigenvalue weighted by Gasteiger charge is -2.29. The maximum Gasteiger partial charge on any atom is 0.459 e. The zero-order valence-corrected chi connectivity index (χ0v) is 31.9. The van der Waals surface area contributed by atoms with E-state index in [0.29, 0.717) is 37.8 Å². The number of benzene rings is 3. The van der Waals surface area contributed by atoms with Gasteiger partial charge in [-0.2, -0.15) is 22.0 Å². The van der Waals surface area contributed by atoms with Crippen molar-refractivity contribution in [2.45, 2.75) is 90.3 Å². The highest BCUT2D eigenvalue weighted by Crippen LogP contribution is 2.42. The number of hydrogen-bond acceptors (Lipinski definition) is 7. The number of ketones is 1. The molecular weight excluding hydrogens is 737 g/mol. The lowest BCUT2D eigenvalue weighted by Crippen LogP contribution is -2.44. The molecule has 1 heterocycles. The molecule has 3 aromatic carbocycles. The lowest BCUT2D eigenvalue weighted by atomic mass is 9.77. The topological polar surface area (TPSA) is 123 Å². The predicted octanol–water partition coefficient (Wildman–Crippen LogP) is 9.36. The molecule has 0 aromatic heterocycles. The number of nitrogens with one attached hydrogen (secondary N) is 2. The average molecular weight is 784 g/mol. The van der Waals surface area contributed by atoms with E-state index in [4.69, 9.17) is 9.47 Å². The zero-order valence-electron chi connectivity index (χ0n) is 31.9. The first-order chi connectivity index (χ1) is 26.2. The number of aryl methyl sites for hydroxylation is 1. The molecule has 1 atom stereocenters. The molecule has 1 saturated carbocycles. The van der Waals surface area contributed by atoms with E-state index in [-0.39, 0.29) is 47.4 Å². The maximum atomic E-state index is 14.0. The Kier molecular flexibility index (Phi) is 12.7. The summed E-state index contributed by atoms with van der Waals surface area (Å²) in [6, 6.07) is 16.7. The van der Waals surface area contributed by atoms with E-state index < -0.39 is 53.7 Å². The van der Waals surface area contributed by atoms with Gasteiger partial charge in [-0.3, -0.25) is 14.6 Å². The molecule has 2 amide bonds. The van der Waals surface area contributed by atoms with Crippen LogP contribution in [0, 0.1) is 24.7 Å². The fourth-order valence-electron chi connectivity index (χ4n) is 7.08. The van der Waals surface area contributed by atoms with Gasteiger partial charge in [0.2, 0.25) is 5.91 Å². The second-order valence-electron chi connectivity index (χ2n) is 15.5. The number of carbonyl (C=O) groups is 4. The number of fused-ring (bicyclic) bond motifs is 1. The molecule has 300 valence electrons. The molecule has 0 unspecified atom stereocenters. The van der Waals surface area contributed by atoms with Crippen molar-refractivity contribution in [3.63, 3.8) is 0 Å². The van der Waals surface area contributed by atoms with Crippen LogP contribution >= 0.6 is 0 Å². The first-order valence-electron chi connectivity index (χ1n) is 18.5. The summed E-state index contributed by atoms with van der Waals surface area (Å²) in [7, 11) is 1.31. The van der Waals surface area contributed by atoms with Crippen LogP contribution in [0.5, 0.6) is 0 Å². The summed E-state index contributed by atoms with van der Waals surface area (Å²) >= 11 is 0. The quantitative estimate of drug-likeness (QED) is 0.139. The van der Waals surface area contributed by atoms with Gasteiger partial charge in [-0.05, 0) is 118 Å². The van der Waals surface area contributed by atoms with E-state index in [1.54, 1.807) is 32.9 Å². The van der Waals surface area contributed by atoms with Gasteiger partial charge in [0, 0.05) is 36.9 Å². The number of Topliss-reactive ketones (excluding diaryl/α,β-unsaturated/α-hetero) is 1. The Hall–Kier alpha value is -5.14. The van der Waals surface area contributed by atoms with Crippen LogP contribution in [0.25, 0.3) is 11.1 Å². The van der Waals surface area contributed by atoms with Gasteiger partial charge in [0.1, 0.15) is 17.1 Å². The SMILES string of the molecule is COC(=O)c1ccc(-c2ccc(C[C@H](CC(=O)C3CCC(CNC(=O)OC(C)(C)C)CC3)C(=O)Nc3ccc4c(c3)N=C(C(F)(F)C(F)(F)F)C4)cc2)c(C)c1. The van der Waals surface area contributed by atoms with E-state index in [1.807, 2.05) is 37.3 Å². The summed E-state index contributed by atoms with van der Waals surface area (Å²) in [6.45, 7) is 7.64. The Bertz CT molecular complexity index is 1980. The smallest absolute Gasteiger partial charge is 0.459 e. The van der Waals surface area contributed by atoms with Crippen molar-refractivity contribution in [2.75, 3.05) is 19.0 Å². The average Bonchev–Trinajstić information content (AvgIpc) is 3.57. The number of esters is 1. The van der Waals surface area contributed by atoms with E-state index in [2.05, 4.69) is 15.6 Å².